The summed E-state index contributed by atoms with van der Waals surface area (Å²) in [6.45, 7) is 3.02. The second-order valence-electron chi connectivity index (χ2n) is 10.0. The highest BCUT2D eigenvalue weighted by Gasteiger charge is 2.61. The summed E-state index contributed by atoms with van der Waals surface area (Å²) in [7, 11) is -4.81. The van der Waals surface area contributed by atoms with Gasteiger partial charge in [-0.2, -0.15) is 10.1 Å². The highest BCUT2D eigenvalue weighted by molar-refractivity contribution is 7.52. The Morgan fingerprint density at radius 1 is 1.21 bits per heavy atom. The van der Waals surface area contributed by atoms with Gasteiger partial charge in [0.15, 0.2) is 23.5 Å². The van der Waals surface area contributed by atoms with Gasteiger partial charge in [0, 0.05) is 5.39 Å². The van der Waals surface area contributed by atoms with Crippen LogP contribution in [0.25, 0.3) is 10.8 Å². The normalized spacial score (nSPS) is 24.3. The lowest BCUT2D eigenvalue weighted by Crippen LogP contribution is -2.53. The Morgan fingerprint density at radius 2 is 1.88 bits per heavy atom. The van der Waals surface area contributed by atoms with Crippen LogP contribution in [0.4, 0.5) is 19.0 Å². The second-order valence-corrected chi connectivity index (χ2v) is 11.7. The van der Waals surface area contributed by atoms with Crippen molar-refractivity contribution in [3.63, 3.8) is 0 Å². The third-order valence-corrected chi connectivity index (χ3v) is 8.13. The Kier molecular flexibility index (Phi) is 9.49. The molecule has 2 heterocycles. The predicted molar refractivity (Wildman–Crippen MR) is 146 cm³/mol. The van der Waals surface area contributed by atoms with Crippen LogP contribution in [0.5, 0.6) is 5.75 Å². The van der Waals surface area contributed by atoms with Gasteiger partial charge in [-0.05, 0) is 32.2 Å². The van der Waals surface area contributed by atoms with Crippen molar-refractivity contribution in [3.8, 4) is 5.75 Å². The number of halogens is 3. The van der Waals surface area contributed by atoms with Crippen LogP contribution in [0.1, 0.15) is 27.0 Å². The first-order valence-electron chi connectivity index (χ1n) is 12.9. The number of fused-ring (bicyclic) bond motifs is 1. The molecule has 0 radical (unpaired) electrons. The monoisotopic (exact) mass is 630 g/mol. The van der Waals surface area contributed by atoms with E-state index in [-0.39, 0.29) is 5.75 Å². The predicted octanol–water partition coefficient (Wildman–Crippen LogP) is 2.51. The van der Waals surface area contributed by atoms with Gasteiger partial charge >= 0.3 is 19.4 Å². The highest BCUT2D eigenvalue weighted by Crippen LogP contribution is 2.50. The smallest absolute Gasteiger partial charge is 0.459 e. The molecule has 234 valence electrons. The molecule has 13 nitrogen and oxygen atoms in total. The maximum absolute atomic E-state index is 14.6. The molecule has 5 N–H and O–H groups in total. The molecule has 0 aliphatic carbocycles. The van der Waals surface area contributed by atoms with E-state index < -0.39 is 80.3 Å². The Bertz CT molecular complexity index is 1590. The number of carbonyl (C=O) groups is 1. The minimum atomic E-state index is -4.81. The van der Waals surface area contributed by atoms with E-state index in [1.807, 2.05) is 0 Å². The number of carbonyl (C=O) groups excluding carboxylic acids is 1. The SMILES string of the molecule is CC(C)OC(=O)[C@H](C)NP(=O)(OC[C@@]1(C(F)F)O[C@@H](n2cc(F)c(N)nc2=O)[C@@H](O)[C@@H]1O)Oc1cccc2ccccc12. The van der Waals surface area contributed by atoms with Gasteiger partial charge in [-0.3, -0.25) is 13.9 Å². The van der Waals surface area contributed by atoms with Crippen LogP contribution in [0, 0.1) is 5.82 Å². The fourth-order valence-corrected chi connectivity index (χ4v) is 5.89. The molecule has 0 amide bonds. The number of hydrogen-bond donors (Lipinski definition) is 4. The molecule has 2 aromatic carbocycles. The van der Waals surface area contributed by atoms with Crippen LogP contribution in [-0.2, 0) is 23.4 Å². The summed E-state index contributed by atoms with van der Waals surface area (Å²) >= 11 is 0. The highest BCUT2D eigenvalue weighted by atomic mass is 31.2. The number of aliphatic hydroxyl groups is 2. The summed E-state index contributed by atoms with van der Waals surface area (Å²) in [5.41, 5.74) is 0.860. The molecule has 43 heavy (non-hydrogen) atoms. The van der Waals surface area contributed by atoms with Crippen LogP contribution in [0.2, 0.25) is 0 Å². The van der Waals surface area contributed by atoms with Gasteiger partial charge in [-0.15, -0.1) is 0 Å². The van der Waals surface area contributed by atoms with E-state index in [4.69, 9.17) is 24.3 Å². The van der Waals surface area contributed by atoms with Crippen LogP contribution < -0.4 is 21.0 Å². The van der Waals surface area contributed by atoms with Gasteiger partial charge in [0.25, 0.3) is 6.43 Å². The maximum Gasteiger partial charge on any atom is 0.459 e. The minimum absolute atomic E-state index is 0.00904. The van der Waals surface area contributed by atoms with Crippen molar-refractivity contribution in [2.45, 2.75) is 63.4 Å². The Hall–Kier alpha value is -3.53. The van der Waals surface area contributed by atoms with E-state index in [0.717, 1.165) is 0 Å². The fraction of sp³-hybridized carbons (Fsp3) is 0.423. The molecule has 0 bridgehead atoms. The molecular weight excluding hydrogens is 600 g/mol. The minimum Gasteiger partial charge on any atom is -0.462 e. The molecule has 0 spiro atoms. The van der Waals surface area contributed by atoms with Gasteiger partial charge in [0.1, 0.15) is 24.0 Å². The van der Waals surface area contributed by atoms with Crippen LogP contribution in [-0.4, -0.2) is 68.7 Å². The molecule has 1 aromatic heterocycles. The van der Waals surface area contributed by atoms with Gasteiger partial charge in [-0.25, -0.2) is 22.5 Å². The summed E-state index contributed by atoms with van der Waals surface area (Å²) in [6, 6.07) is 10.2. The lowest BCUT2D eigenvalue weighted by molar-refractivity contribution is -0.193. The molecule has 4 rings (SSSR count). The number of anilines is 1. The molecule has 1 aliphatic rings. The molecular formula is C26H30F3N4O9P. The van der Waals surface area contributed by atoms with E-state index in [0.29, 0.717) is 21.5 Å². The summed E-state index contributed by atoms with van der Waals surface area (Å²) in [5.74, 6) is -2.89. The number of nitrogen functional groups attached to an aromatic ring is 1. The van der Waals surface area contributed by atoms with Gasteiger partial charge in [-0.1, -0.05) is 36.4 Å². The van der Waals surface area contributed by atoms with Crippen molar-refractivity contribution in [2.24, 2.45) is 0 Å². The molecule has 1 aliphatic heterocycles. The number of hydrogen-bond acceptors (Lipinski definition) is 11. The lowest BCUT2D eigenvalue weighted by atomic mass is 9.96. The fourth-order valence-electron chi connectivity index (χ4n) is 4.34. The van der Waals surface area contributed by atoms with Crippen LogP contribution in [0.15, 0.2) is 53.5 Å². The zero-order valence-electron chi connectivity index (χ0n) is 23.1. The third-order valence-electron chi connectivity index (χ3n) is 6.52. The molecule has 1 saturated heterocycles. The quantitative estimate of drug-likeness (QED) is 0.180. The number of ether oxygens (including phenoxy) is 2. The van der Waals surface area contributed by atoms with Crippen molar-refractivity contribution < 1.29 is 51.3 Å². The number of benzene rings is 2. The largest absolute Gasteiger partial charge is 0.462 e. The van der Waals surface area contributed by atoms with Crippen molar-refractivity contribution >= 4 is 30.3 Å². The summed E-state index contributed by atoms with van der Waals surface area (Å²) in [6.07, 6.45) is -10.5. The maximum atomic E-state index is 14.6. The number of nitrogens with two attached hydrogens (primary N) is 1. The van der Waals surface area contributed by atoms with Crippen LogP contribution >= 0.6 is 7.75 Å². The summed E-state index contributed by atoms with van der Waals surface area (Å²) in [4.78, 5) is 28.0. The van der Waals surface area contributed by atoms with Crippen molar-refractivity contribution in [2.75, 3.05) is 12.3 Å². The number of aliphatic hydroxyl groups excluding tert-OH is 2. The topological polar surface area (TPSA) is 184 Å². The Morgan fingerprint density at radius 3 is 2.56 bits per heavy atom. The van der Waals surface area contributed by atoms with E-state index in [9.17, 15) is 37.5 Å². The average molecular weight is 631 g/mol. The van der Waals surface area contributed by atoms with Crippen molar-refractivity contribution in [3.05, 3.63) is 65.0 Å². The molecule has 6 atom stereocenters. The second kappa shape index (κ2) is 12.6. The molecule has 1 unspecified atom stereocenters. The molecule has 0 saturated carbocycles. The average Bonchev–Trinajstić information content (AvgIpc) is 3.20. The first kappa shape index (κ1) is 32.4. The Balaban J connectivity index is 1.69. The number of esters is 1. The zero-order chi connectivity index (χ0) is 31.7. The first-order chi connectivity index (χ1) is 20.2. The summed E-state index contributed by atoms with van der Waals surface area (Å²) < 4.78 is 79.1. The van der Waals surface area contributed by atoms with Gasteiger partial charge in [0.05, 0.1) is 18.9 Å². The zero-order valence-corrected chi connectivity index (χ0v) is 24.0. The van der Waals surface area contributed by atoms with Crippen LogP contribution in [0.3, 0.4) is 0 Å². The van der Waals surface area contributed by atoms with Crippen molar-refractivity contribution in [1.82, 2.24) is 14.6 Å². The number of alkyl halides is 2. The Labute approximate surface area is 242 Å². The standard InChI is InChI=1S/C26H30F3N4O9P/c1-13(2)40-23(36)14(3)32-43(38,42-18-10-6-8-15-7-4-5-9-16(15)18)39-12-26(24(28)29)20(35)19(34)22(41-26)33-11-17(27)21(30)31-25(33)37/h4-11,13-14,19-20,22,24,34-35H,12H2,1-3H3,(H,32,38)(H2,30,31,37)/t14-,19-,20-,22+,26+,43?/m0/s1. The summed E-state index contributed by atoms with van der Waals surface area (Å²) in [5, 5.41) is 24.8. The van der Waals surface area contributed by atoms with E-state index in [1.54, 1.807) is 50.2 Å². The number of rotatable bonds is 11. The van der Waals surface area contributed by atoms with Gasteiger partial charge < -0.3 is 29.9 Å². The van der Waals surface area contributed by atoms with Crippen molar-refractivity contribution in [1.29, 1.82) is 0 Å². The number of nitrogens with one attached hydrogen (secondary N) is 1. The lowest BCUT2D eigenvalue weighted by Gasteiger charge is -2.32. The number of nitrogens with zero attached hydrogens (tertiary/aromatic N) is 2. The van der Waals surface area contributed by atoms with Gasteiger partial charge in [0.2, 0.25) is 0 Å². The number of aromatic nitrogens is 2. The molecule has 3 aromatic rings. The third kappa shape index (κ3) is 6.69. The molecule has 17 heteroatoms. The molecule has 1 fully saturated rings. The van der Waals surface area contributed by atoms with E-state index in [2.05, 4.69) is 10.1 Å². The van der Waals surface area contributed by atoms with E-state index in [1.165, 1.54) is 13.0 Å². The first-order valence-corrected chi connectivity index (χ1v) is 14.5. The van der Waals surface area contributed by atoms with E-state index >= 15 is 0 Å².